The molecule has 0 aromatic carbocycles. The van der Waals surface area contributed by atoms with E-state index in [0.29, 0.717) is 34.8 Å². The van der Waals surface area contributed by atoms with Gasteiger partial charge in [0.15, 0.2) is 5.82 Å². The zero-order valence-corrected chi connectivity index (χ0v) is 21.1. The summed E-state index contributed by atoms with van der Waals surface area (Å²) in [6, 6.07) is 5.24. The van der Waals surface area contributed by atoms with Gasteiger partial charge in [0.25, 0.3) is 0 Å². The standard InChI is InChI=1S/C22H26N10O2S/c1-13-7-21(28-15(3)27-13)29-19-9-20(25-12-24-19)30-22-18(32(5)35(6,33)34)8-16(10-23-22)17-11-26-31(4)14(17)2/h7-12H,1-6H3,(H2,23,24,25,27,28,29,30). The Kier molecular flexibility index (Phi) is 6.35. The molecule has 0 saturated heterocycles. The Morgan fingerprint density at radius 2 is 1.63 bits per heavy atom. The van der Waals surface area contributed by atoms with Crippen molar-refractivity contribution in [3.05, 3.63) is 54.1 Å². The van der Waals surface area contributed by atoms with E-state index in [2.05, 4.69) is 40.7 Å². The van der Waals surface area contributed by atoms with Crippen LogP contribution in [0.2, 0.25) is 0 Å². The van der Waals surface area contributed by atoms with E-state index in [1.54, 1.807) is 29.2 Å². The highest BCUT2D eigenvalue weighted by molar-refractivity contribution is 7.92. The molecule has 0 aliphatic rings. The lowest BCUT2D eigenvalue weighted by molar-refractivity contribution is 0.600. The molecule has 0 radical (unpaired) electrons. The van der Waals surface area contributed by atoms with E-state index in [-0.39, 0.29) is 0 Å². The van der Waals surface area contributed by atoms with Gasteiger partial charge in [-0.15, -0.1) is 0 Å². The van der Waals surface area contributed by atoms with Crippen LogP contribution in [0.5, 0.6) is 0 Å². The average Bonchev–Trinajstić information content (AvgIpc) is 3.11. The molecule has 2 N–H and O–H groups in total. The van der Waals surface area contributed by atoms with Crippen LogP contribution in [0, 0.1) is 20.8 Å². The summed E-state index contributed by atoms with van der Waals surface area (Å²) in [6.45, 7) is 5.63. The topological polar surface area (TPSA) is 144 Å². The molecule has 4 aromatic rings. The molecule has 0 bridgehead atoms. The van der Waals surface area contributed by atoms with E-state index in [9.17, 15) is 8.42 Å². The van der Waals surface area contributed by atoms with E-state index in [1.807, 2.05) is 33.9 Å². The van der Waals surface area contributed by atoms with Crippen molar-refractivity contribution >= 4 is 39.0 Å². The number of nitrogens with one attached hydrogen (secondary N) is 2. The minimum absolute atomic E-state index is 0.321. The Morgan fingerprint density at radius 3 is 2.26 bits per heavy atom. The van der Waals surface area contributed by atoms with Gasteiger partial charge in [0.05, 0.1) is 18.1 Å². The summed E-state index contributed by atoms with van der Waals surface area (Å²) in [5, 5.41) is 10.5. The molecule has 4 rings (SSSR count). The molecular formula is C22H26N10O2S. The third-order valence-corrected chi connectivity index (χ3v) is 6.58. The molecule has 35 heavy (non-hydrogen) atoms. The Hall–Kier alpha value is -4.13. The molecule has 4 heterocycles. The number of aryl methyl sites for hydroxylation is 3. The number of aromatic nitrogens is 7. The van der Waals surface area contributed by atoms with Gasteiger partial charge < -0.3 is 10.6 Å². The van der Waals surface area contributed by atoms with E-state index >= 15 is 0 Å². The Bertz CT molecular complexity index is 1480. The van der Waals surface area contributed by atoms with Gasteiger partial charge >= 0.3 is 0 Å². The van der Waals surface area contributed by atoms with Crippen LogP contribution in [-0.2, 0) is 17.1 Å². The van der Waals surface area contributed by atoms with Gasteiger partial charge in [-0.2, -0.15) is 5.10 Å². The highest BCUT2D eigenvalue weighted by Gasteiger charge is 2.20. The Morgan fingerprint density at radius 1 is 0.914 bits per heavy atom. The first-order chi connectivity index (χ1) is 16.5. The number of hydrogen-bond donors (Lipinski definition) is 2. The van der Waals surface area contributed by atoms with Crippen molar-refractivity contribution in [1.82, 2.24) is 34.7 Å². The average molecular weight is 495 g/mol. The lowest BCUT2D eigenvalue weighted by Crippen LogP contribution is -2.26. The zero-order chi connectivity index (χ0) is 25.3. The fourth-order valence-electron chi connectivity index (χ4n) is 3.43. The van der Waals surface area contributed by atoms with Gasteiger partial charge in [-0.25, -0.2) is 33.3 Å². The van der Waals surface area contributed by atoms with Crippen molar-refractivity contribution < 1.29 is 8.42 Å². The molecule has 0 fully saturated rings. The Balaban J connectivity index is 1.69. The van der Waals surface area contributed by atoms with Crippen LogP contribution in [-0.4, -0.2) is 56.4 Å². The fourth-order valence-corrected chi connectivity index (χ4v) is 3.92. The highest BCUT2D eigenvalue weighted by atomic mass is 32.2. The van der Waals surface area contributed by atoms with Crippen molar-refractivity contribution in [3.8, 4) is 11.1 Å². The number of rotatable bonds is 7. The van der Waals surface area contributed by atoms with Crippen LogP contribution in [0.25, 0.3) is 11.1 Å². The minimum Gasteiger partial charge on any atom is -0.325 e. The molecule has 0 saturated carbocycles. The van der Waals surface area contributed by atoms with Gasteiger partial charge in [0.1, 0.15) is 29.6 Å². The van der Waals surface area contributed by atoms with Crippen molar-refractivity contribution in [2.75, 3.05) is 28.2 Å². The molecule has 182 valence electrons. The van der Waals surface area contributed by atoms with Gasteiger partial charge in [-0.3, -0.25) is 8.99 Å². The number of nitrogens with zero attached hydrogens (tertiary/aromatic N) is 8. The molecule has 4 aromatic heterocycles. The molecular weight excluding hydrogens is 468 g/mol. The normalized spacial score (nSPS) is 11.4. The second kappa shape index (κ2) is 9.25. The number of pyridine rings is 1. The molecule has 12 nitrogen and oxygen atoms in total. The monoisotopic (exact) mass is 494 g/mol. The summed E-state index contributed by atoms with van der Waals surface area (Å²) in [5.74, 6) is 2.49. The maximum atomic E-state index is 12.4. The largest absolute Gasteiger partial charge is 0.325 e. The van der Waals surface area contributed by atoms with Gasteiger partial charge in [0.2, 0.25) is 10.0 Å². The number of hydrogen-bond acceptors (Lipinski definition) is 10. The molecule has 13 heteroatoms. The first-order valence-electron chi connectivity index (χ1n) is 10.6. The lowest BCUT2D eigenvalue weighted by atomic mass is 10.1. The van der Waals surface area contributed by atoms with Crippen molar-refractivity contribution in [1.29, 1.82) is 0 Å². The van der Waals surface area contributed by atoms with Crippen molar-refractivity contribution in [2.45, 2.75) is 20.8 Å². The quantitative estimate of drug-likeness (QED) is 0.393. The lowest BCUT2D eigenvalue weighted by Gasteiger charge is -2.21. The molecule has 0 amide bonds. The van der Waals surface area contributed by atoms with E-state index < -0.39 is 10.0 Å². The summed E-state index contributed by atoms with van der Waals surface area (Å²) < 4.78 is 27.7. The minimum atomic E-state index is -3.56. The predicted octanol–water partition coefficient (Wildman–Crippen LogP) is 2.87. The van der Waals surface area contributed by atoms with E-state index in [0.717, 1.165) is 28.8 Å². The van der Waals surface area contributed by atoms with Crippen LogP contribution >= 0.6 is 0 Å². The summed E-state index contributed by atoms with van der Waals surface area (Å²) in [4.78, 5) is 21.6. The van der Waals surface area contributed by atoms with Crippen molar-refractivity contribution in [2.24, 2.45) is 7.05 Å². The molecule has 0 aliphatic carbocycles. The number of anilines is 5. The third kappa shape index (κ3) is 5.35. The first-order valence-corrected chi connectivity index (χ1v) is 12.5. The van der Waals surface area contributed by atoms with Crippen molar-refractivity contribution in [3.63, 3.8) is 0 Å². The highest BCUT2D eigenvalue weighted by Crippen LogP contribution is 2.33. The summed E-state index contributed by atoms with van der Waals surface area (Å²) in [6.07, 6.45) is 5.91. The van der Waals surface area contributed by atoms with Gasteiger partial charge in [-0.1, -0.05) is 0 Å². The Labute approximate surface area is 203 Å². The molecule has 0 spiro atoms. The zero-order valence-electron chi connectivity index (χ0n) is 20.3. The van der Waals surface area contributed by atoms with Gasteiger partial charge in [0, 0.05) is 54.9 Å². The second-order valence-corrected chi connectivity index (χ2v) is 10.1. The van der Waals surface area contributed by atoms with E-state index in [1.165, 1.54) is 17.7 Å². The SMILES string of the molecule is Cc1cc(Nc2cc(Nc3ncc(-c4cnn(C)c4C)cc3N(C)S(C)(=O)=O)ncn2)nc(C)n1. The molecule has 0 unspecified atom stereocenters. The predicted molar refractivity (Wildman–Crippen MR) is 135 cm³/mol. The summed E-state index contributed by atoms with van der Waals surface area (Å²) in [7, 11) is -0.238. The van der Waals surface area contributed by atoms with Crippen LogP contribution in [0.3, 0.4) is 0 Å². The maximum Gasteiger partial charge on any atom is 0.232 e. The molecule has 0 atom stereocenters. The van der Waals surface area contributed by atoms with Crippen LogP contribution in [0.1, 0.15) is 17.2 Å². The number of sulfonamides is 1. The first kappa shape index (κ1) is 24.0. The fraction of sp³-hybridized carbons (Fsp3) is 0.273. The summed E-state index contributed by atoms with van der Waals surface area (Å²) >= 11 is 0. The third-order valence-electron chi connectivity index (χ3n) is 5.39. The maximum absolute atomic E-state index is 12.4. The van der Waals surface area contributed by atoms with E-state index in [4.69, 9.17) is 0 Å². The molecule has 0 aliphatic heterocycles. The smallest absolute Gasteiger partial charge is 0.232 e. The van der Waals surface area contributed by atoms with Crippen LogP contribution in [0.4, 0.5) is 29.0 Å². The second-order valence-electron chi connectivity index (χ2n) is 8.07. The summed E-state index contributed by atoms with van der Waals surface area (Å²) in [5.41, 5.74) is 3.73. The van der Waals surface area contributed by atoms with Gasteiger partial charge in [-0.05, 0) is 26.8 Å². The van der Waals surface area contributed by atoms with Crippen LogP contribution < -0.4 is 14.9 Å². The van der Waals surface area contributed by atoms with Crippen LogP contribution in [0.15, 0.2) is 36.9 Å².